The van der Waals surface area contributed by atoms with Crippen LogP contribution in [0.4, 0.5) is 0 Å². The van der Waals surface area contributed by atoms with Crippen molar-refractivity contribution in [2.75, 3.05) is 6.54 Å². The second kappa shape index (κ2) is 7.88. The second-order valence-corrected chi connectivity index (χ2v) is 8.24. The van der Waals surface area contributed by atoms with Crippen molar-refractivity contribution in [3.63, 3.8) is 0 Å². The van der Waals surface area contributed by atoms with Crippen LogP contribution in [0.3, 0.4) is 0 Å². The van der Waals surface area contributed by atoms with Crippen molar-refractivity contribution in [2.24, 2.45) is 5.92 Å². The smallest absolute Gasteiger partial charge is 0.257 e. The van der Waals surface area contributed by atoms with E-state index in [-0.39, 0.29) is 17.7 Å². The molecule has 1 unspecified atom stereocenters. The molecule has 0 radical (unpaired) electrons. The largest absolute Gasteiger partial charge is 0.438 e. The number of nitrogens with one attached hydrogen (secondary N) is 1. The molecule has 0 fully saturated rings. The fourth-order valence-corrected chi connectivity index (χ4v) is 3.86. The highest BCUT2D eigenvalue weighted by Gasteiger charge is 2.30. The third-order valence-electron chi connectivity index (χ3n) is 5.13. The lowest BCUT2D eigenvalue weighted by molar-refractivity contribution is 0.0218. The number of benzene rings is 1. The fourth-order valence-electron chi connectivity index (χ4n) is 3.35. The monoisotopic (exact) mass is 410 g/mol. The zero-order valence-electron chi connectivity index (χ0n) is 16.3. The zero-order valence-corrected chi connectivity index (χ0v) is 17.1. The van der Waals surface area contributed by atoms with Gasteiger partial charge in [0.1, 0.15) is 22.3 Å². The Morgan fingerprint density at radius 1 is 1.31 bits per heavy atom. The Balaban J connectivity index is 1.43. The van der Waals surface area contributed by atoms with Crippen LogP contribution in [0, 0.1) is 5.92 Å². The minimum Gasteiger partial charge on any atom is -0.438 e. The van der Waals surface area contributed by atoms with Gasteiger partial charge in [0.2, 0.25) is 5.88 Å². The van der Waals surface area contributed by atoms with E-state index in [9.17, 15) is 9.90 Å². The number of aliphatic hydroxyl groups is 1. The van der Waals surface area contributed by atoms with E-state index in [1.807, 2.05) is 19.9 Å². The van der Waals surface area contributed by atoms with Crippen molar-refractivity contribution in [3.05, 3.63) is 53.7 Å². The number of rotatable bonds is 6. The molecule has 1 aliphatic carbocycles. The summed E-state index contributed by atoms with van der Waals surface area (Å²) in [5.74, 6) is 0.714. The quantitative estimate of drug-likeness (QED) is 0.601. The topological polar surface area (TPSA) is 97.2 Å². The Bertz CT molecular complexity index is 1070. The lowest BCUT2D eigenvalue weighted by atomic mass is 9.88. The Morgan fingerprint density at radius 3 is 2.93 bits per heavy atom. The van der Waals surface area contributed by atoms with Gasteiger partial charge in [-0.15, -0.1) is 0 Å². The van der Waals surface area contributed by atoms with Crippen LogP contribution in [-0.2, 0) is 0 Å². The van der Waals surface area contributed by atoms with Gasteiger partial charge in [-0.25, -0.2) is 4.98 Å². The molecular weight excluding hydrogens is 388 g/mol. The van der Waals surface area contributed by atoms with Crippen LogP contribution in [0.25, 0.3) is 11.0 Å². The van der Waals surface area contributed by atoms with Crippen LogP contribution < -0.4 is 10.1 Å². The summed E-state index contributed by atoms with van der Waals surface area (Å²) in [7, 11) is 0. The van der Waals surface area contributed by atoms with Gasteiger partial charge >= 0.3 is 0 Å². The summed E-state index contributed by atoms with van der Waals surface area (Å²) >= 11 is 1.14. The van der Waals surface area contributed by atoms with Crippen molar-refractivity contribution < 1.29 is 14.6 Å². The van der Waals surface area contributed by atoms with Crippen LogP contribution in [0.5, 0.6) is 11.6 Å². The van der Waals surface area contributed by atoms with E-state index in [4.69, 9.17) is 4.74 Å². The average molecular weight is 410 g/mol. The lowest BCUT2D eigenvalue weighted by Gasteiger charge is -2.25. The highest BCUT2D eigenvalue weighted by Crippen LogP contribution is 2.33. The summed E-state index contributed by atoms with van der Waals surface area (Å²) in [5, 5.41) is 13.1. The molecule has 0 spiro atoms. The molecule has 29 heavy (non-hydrogen) atoms. The molecule has 0 saturated heterocycles. The number of allylic oxidation sites excluding steroid dienone is 1. The number of pyridine rings is 1. The first-order valence-electron chi connectivity index (χ1n) is 9.44. The third-order valence-corrected chi connectivity index (χ3v) is 5.69. The summed E-state index contributed by atoms with van der Waals surface area (Å²) in [6.07, 6.45) is 5.29. The van der Waals surface area contributed by atoms with Crippen LogP contribution in [0.15, 0.2) is 48.2 Å². The Morgan fingerprint density at radius 2 is 2.14 bits per heavy atom. The Labute approximate surface area is 172 Å². The number of nitrogens with zero attached hydrogens (tertiary/aromatic N) is 3. The number of carbonyl (C=O) groups excluding carboxylic acids is 1. The minimum atomic E-state index is -0.722. The Kier molecular flexibility index (Phi) is 5.29. The van der Waals surface area contributed by atoms with Crippen LogP contribution >= 0.6 is 11.7 Å². The van der Waals surface area contributed by atoms with Crippen molar-refractivity contribution in [1.82, 2.24) is 19.0 Å². The van der Waals surface area contributed by atoms with Crippen molar-refractivity contribution in [3.8, 4) is 11.6 Å². The standard InChI is InChI=1S/C21H22N4O3S/c1-21(2,27)14-6-5-13(10-14)12-23-19(26)16-4-3-9-22-20(16)28-15-7-8-17-18(11-15)25-29-24-17/h3-5,7-9,11,14,27H,6,10,12H2,1-2H3,(H,23,26). The number of ether oxygens (including phenoxy) is 1. The van der Waals surface area contributed by atoms with Crippen molar-refractivity contribution >= 4 is 28.7 Å². The Hall–Kier alpha value is -2.84. The summed E-state index contributed by atoms with van der Waals surface area (Å²) in [6.45, 7) is 4.09. The predicted molar refractivity (Wildman–Crippen MR) is 111 cm³/mol. The maximum Gasteiger partial charge on any atom is 0.257 e. The van der Waals surface area contributed by atoms with Crippen molar-refractivity contribution in [1.29, 1.82) is 0 Å². The van der Waals surface area contributed by atoms with Crippen LogP contribution in [0.1, 0.15) is 37.0 Å². The molecule has 150 valence electrons. The second-order valence-electron chi connectivity index (χ2n) is 7.71. The van der Waals surface area contributed by atoms with E-state index in [2.05, 4.69) is 25.1 Å². The molecule has 2 aromatic heterocycles. The van der Waals surface area contributed by atoms with E-state index >= 15 is 0 Å². The lowest BCUT2D eigenvalue weighted by Crippen LogP contribution is -2.30. The van der Waals surface area contributed by atoms with E-state index in [1.54, 1.807) is 30.5 Å². The maximum absolute atomic E-state index is 12.7. The van der Waals surface area contributed by atoms with Gasteiger partial charge in [0, 0.05) is 18.8 Å². The first-order chi connectivity index (χ1) is 13.9. The van der Waals surface area contributed by atoms with E-state index in [0.29, 0.717) is 17.9 Å². The number of hydrogen-bond donors (Lipinski definition) is 2. The van der Waals surface area contributed by atoms with Crippen molar-refractivity contribution in [2.45, 2.75) is 32.3 Å². The van der Waals surface area contributed by atoms with Crippen LogP contribution in [0.2, 0.25) is 0 Å². The maximum atomic E-state index is 12.7. The molecule has 8 heteroatoms. The molecule has 7 nitrogen and oxygen atoms in total. The number of carbonyl (C=O) groups is 1. The number of amides is 1. The van der Waals surface area contributed by atoms with Gasteiger partial charge in [-0.1, -0.05) is 11.6 Å². The highest BCUT2D eigenvalue weighted by atomic mass is 32.1. The molecule has 3 aromatic rings. The van der Waals surface area contributed by atoms with Gasteiger partial charge in [-0.2, -0.15) is 8.75 Å². The van der Waals surface area contributed by atoms with E-state index in [1.165, 1.54) is 0 Å². The normalized spacial score (nSPS) is 16.7. The first-order valence-corrected chi connectivity index (χ1v) is 10.2. The molecule has 0 saturated carbocycles. The molecule has 1 amide bonds. The summed E-state index contributed by atoms with van der Waals surface area (Å²) in [4.78, 5) is 17.0. The SMILES string of the molecule is CC(C)(O)C1CC=C(CNC(=O)c2cccnc2Oc2ccc3nsnc3c2)C1. The van der Waals surface area contributed by atoms with Gasteiger partial charge < -0.3 is 15.2 Å². The summed E-state index contributed by atoms with van der Waals surface area (Å²) < 4.78 is 14.2. The average Bonchev–Trinajstić information content (AvgIpc) is 3.35. The third kappa shape index (κ3) is 4.44. The number of fused-ring (bicyclic) bond motifs is 1. The van der Waals surface area contributed by atoms with E-state index in [0.717, 1.165) is 41.2 Å². The zero-order chi connectivity index (χ0) is 20.4. The van der Waals surface area contributed by atoms with Gasteiger partial charge in [0.05, 0.1) is 17.3 Å². The highest BCUT2D eigenvalue weighted by molar-refractivity contribution is 7.00. The van der Waals surface area contributed by atoms with Gasteiger partial charge in [-0.05, 0) is 56.9 Å². The molecule has 4 rings (SSSR count). The molecule has 1 atom stereocenters. The predicted octanol–water partition coefficient (Wildman–Crippen LogP) is 3.72. The van der Waals surface area contributed by atoms with E-state index < -0.39 is 5.60 Å². The summed E-state index contributed by atoms with van der Waals surface area (Å²) in [6, 6.07) is 8.76. The first kappa shape index (κ1) is 19.5. The van der Waals surface area contributed by atoms with Crippen LogP contribution in [-0.4, -0.2) is 36.9 Å². The number of aromatic nitrogens is 3. The molecule has 2 N–H and O–H groups in total. The minimum absolute atomic E-state index is 0.182. The summed E-state index contributed by atoms with van der Waals surface area (Å²) in [5.41, 5.74) is 2.31. The molecule has 0 aliphatic heterocycles. The molecule has 2 heterocycles. The van der Waals surface area contributed by atoms with Gasteiger partial charge in [0.15, 0.2) is 0 Å². The molecular formula is C21H22N4O3S. The molecule has 1 aliphatic rings. The van der Waals surface area contributed by atoms with Gasteiger partial charge in [0.25, 0.3) is 5.91 Å². The van der Waals surface area contributed by atoms with Gasteiger partial charge in [-0.3, -0.25) is 4.79 Å². The molecule has 0 bridgehead atoms. The fraction of sp³-hybridized carbons (Fsp3) is 0.333. The number of hydrogen-bond acceptors (Lipinski definition) is 7. The molecule has 1 aromatic carbocycles.